The van der Waals surface area contributed by atoms with Crippen molar-refractivity contribution >= 4 is 0 Å². The van der Waals surface area contributed by atoms with E-state index in [2.05, 4.69) is 4.90 Å². The molecule has 0 aromatic heterocycles. The molecule has 2 atom stereocenters. The van der Waals surface area contributed by atoms with Gasteiger partial charge in [-0.2, -0.15) is 0 Å². The Bertz CT molecular complexity index is 453. The molecular weight excluding hydrogens is 265 g/mol. The molecule has 1 heterocycles. The minimum Gasteiger partial charge on any atom is -0.330 e. The van der Waals surface area contributed by atoms with Gasteiger partial charge in [0.15, 0.2) is 17.5 Å². The molecule has 0 amide bonds. The fourth-order valence-corrected chi connectivity index (χ4v) is 3.14. The first-order valence-electron chi connectivity index (χ1n) is 7.06. The quantitative estimate of drug-likeness (QED) is 0.864. The van der Waals surface area contributed by atoms with Crippen LogP contribution in [0.4, 0.5) is 13.2 Å². The average Bonchev–Trinajstić information content (AvgIpc) is 2.43. The Morgan fingerprint density at radius 2 is 1.85 bits per heavy atom. The molecule has 1 aromatic carbocycles. The van der Waals surface area contributed by atoms with Crippen LogP contribution in [-0.2, 0) is 0 Å². The highest BCUT2D eigenvalue weighted by atomic mass is 19.2. The number of nitrogens with two attached hydrogens (primary N) is 1. The van der Waals surface area contributed by atoms with E-state index in [9.17, 15) is 13.2 Å². The maximum Gasteiger partial charge on any atom is 0.194 e. The summed E-state index contributed by atoms with van der Waals surface area (Å²) >= 11 is 0. The Balaban J connectivity index is 2.43. The molecule has 112 valence electrons. The molecule has 5 heteroatoms. The number of likely N-dealkylation sites (tertiary alicyclic amines) is 1. The van der Waals surface area contributed by atoms with Crippen LogP contribution in [-0.4, -0.2) is 24.0 Å². The molecule has 1 aromatic rings. The summed E-state index contributed by atoms with van der Waals surface area (Å²) in [7, 11) is 0. The predicted molar refractivity (Wildman–Crippen MR) is 72.7 cm³/mol. The molecule has 0 spiro atoms. The zero-order chi connectivity index (χ0) is 14.9. The number of halogens is 3. The van der Waals surface area contributed by atoms with E-state index in [1.807, 2.05) is 13.8 Å². The Hall–Kier alpha value is -1.07. The topological polar surface area (TPSA) is 29.3 Å². The Morgan fingerprint density at radius 1 is 1.25 bits per heavy atom. The third-order valence-electron chi connectivity index (χ3n) is 4.11. The summed E-state index contributed by atoms with van der Waals surface area (Å²) < 4.78 is 40.1. The van der Waals surface area contributed by atoms with Crippen LogP contribution in [0, 0.1) is 23.4 Å². The zero-order valence-electron chi connectivity index (χ0n) is 11.9. The monoisotopic (exact) mass is 286 g/mol. The van der Waals surface area contributed by atoms with Crippen molar-refractivity contribution in [2.75, 3.05) is 13.1 Å². The van der Waals surface area contributed by atoms with Crippen LogP contribution in [0.1, 0.15) is 38.3 Å². The van der Waals surface area contributed by atoms with Crippen molar-refractivity contribution in [1.29, 1.82) is 0 Å². The van der Waals surface area contributed by atoms with Crippen molar-refractivity contribution in [2.45, 2.75) is 38.8 Å². The maximum absolute atomic E-state index is 13.5. The average molecular weight is 286 g/mol. The lowest BCUT2D eigenvalue weighted by Crippen LogP contribution is -2.45. The number of rotatable bonds is 3. The van der Waals surface area contributed by atoms with Crippen molar-refractivity contribution < 1.29 is 13.2 Å². The summed E-state index contributed by atoms with van der Waals surface area (Å²) in [5, 5.41) is 0. The molecule has 20 heavy (non-hydrogen) atoms. The van der Waals surface area contributed by atoms with Gasteiger partial charge in [0.2, 0.25) is 0 Å². The van der Waals surface area contributed by atoms with E-state index in [1.165, 1.54) is 0 Å². The number of hydrogen-bond acceptors (Lipinski definition) is 2. The highest BCUT2D eigenvalue weighted by Gasteiger charge is 2.34. The van der Waals surface area contributed by atoms with Gasteiger partial charge in [-0.05, 0) is 63.4 Å². The van der Waals surface area contributed by atoms with Crippen molar-refractivity contribution in [3.63, 3.8) is 0 Å². The molecule has 0 saturated carbocycles. The van der Waals surface area contributed by atoms with Crippen molar-refractivity contribution in [2.24, 2.45) is 11.7 Å². The fourth-order valence-electron chi connectivity index (χ4n) is 3.14. The number of hydrogen-bond donors (Lipinski definition) is 1. The lowest BCUT2D eigenvalue weighted by Gasteiger charge is -2.43. The highest BCUT2D eigenvalue weighted by molar-refractivity contribution is 5.24. The van der Waals surface area contributed by atoms with Gasteiger partial charge in [-0.25, -0.2) is 13.2 Å². The number of piperidine rings is 1. The van der Waals surface area contributed by atoms with Crippen molar-refractivity contribution in [3.8, 4) is 0 Å². The zero-order valence-corrected chi connectivity index (χ0v) is 11.9. The third kappa shape index (κ3) is 2.83. The molecule has 1 saturated heterocycles. The molecule has 2 rings (SSSR count). The van der Waals surface area contributed by atoms with Crippen LogP contribution in [0.25, 0.3) is 0 Å². The Labute approximate surface area is 117 Å². The molecule has 0 aliphatic carbocycles. The molecule has 2 nitrogen and oxygen atoms in total. The Kier molecular flexibility index (Phi) is 4.70. The summed E-state index contributed by atoms with van der Waals surface area (Å²) in [5.41, 5.74) is 6.29. The molecule has 0 radical (unpaired) electrons. The van der Waals surface area contributed by atoms with Crippen LogP contribution in [0.15, 0.2) is 12.1 Å². The fraction of sp³-hybridized carbons (Fsp3) is 0.600. The van der Waals surface area contributed by atoms with Crippen molar-refractivity contribution in [3.05, 3.63) is 35.1 Å². The first kappa shape index (κ1) is 15.3. The van der Waals surface area contributed by atoms with Crippen LogP contribution >= 0.6 is 0 Å². The van der Waals surface area contributed by atoms with E-state index in [0.29, 0.717) is 12.1 Å². The van der Waals surface area contributed by atoms with E-state index >= 15 is 0 Å². The van der Waals surface area contributed by atoms with Gasteiger partial charge in [0.05, 0.1) is 0 Å². The van der Waals surface area contributed by atoms with Crippen LogP contribution < -0.4 is 5.73 Å². The van der Waals surface area contributed by atoms with Gasteiger partial charge in [0.1, 0.15) is 0 Å². The van der Waals surface area contributed by atoms with Crippen LogP contribution in [0.3, 0.4) is 0 Å². The molecule has 2 unspecified atom stereocenters. The molecular formula is C15H21F3N2. The molecule has 0 bridgehead atoms. The molecule has 1 aliphatic heterocycles. The minimum absolute atomic E-state index is 0.135. The largest absolute Gasteiger partial charge is 0.330 e. The number of nitrogens with zero attached hydrogens (tertiary/aromatic N) is 1. The van der Waals surface area contributed by atoms with Crippen LogP contribution in [0.5, 0.6) is 0 Å². The van der Waals surface area contributed by atoms with Crippen molar-refractivity contribution in [1.82, 2.24) is 4.90 Å². The van der Waals surface area contributed by atoms with E-state index in [1.54, 1.807) is 0 Å². The standard InChI is InChI=1S/C15H21F3N2/c1-9(2)20-5-3-4-10(8-19)15(20)11-6-12(16)14(18)13(17)7-11/h6-7,9-10,15H,3-5,8,19H2,1-2H3. The second kappa shape index (κ2) is 6.14. The lowest BCUT2D eigenvalue weighted by molar-refractivity contribution is 0.0660. The van der Waals surface area contributed by atoms with Gasteiger partial charge in [0.25, 0.3) is 0 Å². The smallest absolute Gasteiger partial charge is 0.194 e. The van der Waals surface area contributed by atoms with Gasteiger partial charge in [0, 0.05) is 12.1 Å². The Morgan fingerprint density at radius 3 is 2.35 bits per heavy atom. The van der Waals surface area contributed by atoms with E-state index < -0.39 is 17.5 Å². The molecule has 1 fully saturated rings. The van der Waals surface area contributed by atoms with E-state index in [4.69, 9.17) is 5.73 Å². The number of benzene rings is 1. The van der Waals surface area contributed by atoms with Crippen LogP contribution in [0.2, 0.25) is 0 Å². The molecule has 1 aliphatic rings. The second-order valence-corrected chi connectivity index (χ2v) is 5.71. The summed E-state index contributed by atoms with van der Waals surface area (Å²) in [6.45, 7) is 5.40. The lowest BCUT2D eigenvalue weighted by atomic mass is 9.83. The second-order valence-electron chi connectivity index (χ2n) is 5.71. The summed E-state index contributed by atoms with van der Waals surface area (Å²) in [6, 6.07) is 2.29. The first-order valence-corrected chi connectivity index (χ1v) is 7.06. The van der Waals surface area contributed by atoms with E-state index in [0.717, 1.165) is 31.5 Å². The summed E-state index contributed by atoms with van der Waals surface area (Å²) in [4.78, 5) is 2.19. The van der Waals surface area contributed by atoms with Gasteiger partial charge in [-0.15, -0.1) is 0 Å². The first-order chi connectivity index (χ1) is 9.45. The summed E-state index contributed by atoms with van der Waals surface area (Å²) in [6.07, 6.45) is 1.94. The van der Waals surface area contributed by atoms with Gasteiger partial charge in [-0.1, -0.05) is 0 Å². The van der Waals surface area contributed by atoms with Gasteiger partial charge in [-0.3, -0.25) is 4.90 Å². The predicted octanol–water partition coefficient (Wildman–Crippen LogP) is 3.22. The molecule has 2 N–H and O–H groups in total. The van der Waals surface area contributed by atoms with Gasteiger partial charge >= 0.3 is 0 Å². The SMILES string of the molecule is CC(C)N1CCCC(CN)C1c1cc(F)c(F)c(F)c1. The highest BCUT2D eigenvalue weighted by Crippen LogP contribution is 2.37. The normalized spacial score (nSPS) is 24.4. The third-order valence-corrected chi connectivity index (χ3v) is 4.11. The van der Waals surface area contributed by atoms with E-state index in [-0.39, 0.29) is 18.0 Å². The van der Waals surface area contributed by atoms with Gasteiger partial charge < -0.3 is 5.73 Å². The summed E-state index contributed by atoms with van der Waals surface area (Å²) in [5.74, 6) is -3.55. The maximum atomic E-state index is 13.5. The minimum atomic E-state index is -1.41.